The maximum absolute atomic E-state index is 11.2. The van der Waals surface area contributed by atoms with Gasteiger partial charge < -0.3 is 15.3 Å². The minimum atomic E-state index is -1.01. The third-order valence-electron chi connectivity index (χ3n) is 2.04. The molecule has 1 unspecified atom stereocenters. The number of amides is 1. The Balaban J connectivity index is 4.03. The zero-order valence-electron chi connectivity index (χ0n) is 9.41. The summed E-state index contributed by atoms with van der Waals surface area (Å²) in [6, 6.07) is 0. The first-order valence-corrected chi connectivity index (χ1v) is 4.69. The summed E-state index contributed by atoms with van der Waals surface area (Å²) in [7, 11) is 3.34. The van der Waals surface area contributed by atoms with Crippen molar-refractivity contribution in [2.75, 3.05) is 27.2 Å². The Morgan fingerprint density at radius 1 is 1.53 bits per heavy atom. The third kappa shape index (κ3) is 5.17. The minimum Gasteiger partial charge on any atom is -0.478 e. The van der Waals surface area contributed by atoms with Crippen molar-refractivity contribution in [3.63, 3.8) is 0 Å². The molecule has 0 fully saturated rings. The number of hydrogen-bond donors (Lipinski definition) is 2. The van der Waals surface area contributed by atoms with Gasteiger partial charge in [0.2, 0.25) is 5.91 Å². The van der Waals surface area contributed by atoms with Crippen molar-refractivity contribution in [2.24, 2.45) is 5.92 Å². The van der Waals surface area contributed by atoms with E-state index in [9.17, 15) is 9.59 Å². The van der Waals surface area contributed by atoms with E-state index in [1.54, 1.807) is 25.9 Å². The molecule has 0 aliphatic heterocycles. The fourth-order valence-corrected chi connectivity index (χ4v) is 1.25. The lowest BCUT2D eigenvalue weighted by Crippen LogP contribution is -2.35. The fourth-order valence-electron chi connectivity index (χ4n) is 1.25. The average Bonchev–Trinajstić information content (AvgIpc) is 2.15. The SMILES string of the molecule is C=C(CN(C)CC(C)C(=O)NC)C(=O)O. The van der Waals surface area contributed by atoms with Crippen molar-refractivity contribution in [3.8, 4) is 0 Å². The van der Waals surface area contributed by atoms with Crippen LogP contribution in [0.5, 0.6) is 0 Å². The molecule has 0 aromatic carbocycles. The fraction of sp³-hybridized carbons (Fsp3) is 0.600. The molecule has 1 amide bonds. The quantitative estimate of drug-likeness (QED) is 0.608. The first-order chi connectivity index (χ1) is 6.88. The van der Waals surface area contributed by atoms with Crippen LogP contribution in [-0.4, -0.2) is 49.1 Å². The van der Waals surface area contributed by atoms with E-state index in [2.05, 4.69) is 11.9 Å². The van der Waals surface area contributed by atoms with Crippen molar-refractivity contribution in [2.45, 2.75) is 6.92 Å². The normalized spacial score (nSPS) is 12.3. The highest BCUT2D eigenvalue weighted by Crippen LogP contribution is 2.01. The van der Waals surface area contributed by atoms with Crippen molar-refractivity contribution in [1.82, 2.24) is 10.2 Å². The van der Waals surface area contributed by atoms with Gasteiger partial charge in [0.1, 0.15) is 0 Å². The molecule has 0 aromatic heterocycles. The summed E-state index contributed by atoms with van der Waals surface area (Å²) in [5.74, 6) is -1.22. The standard InChI is InChI=1S/C10H18N2O3/c1-7(9(13)11-3)5-12(4)6-8(2)10(14)15/h7H,2,5-6H2,1,3-4H3,(H,11,13)(H,14,15). The molecule has 5 nitrogen and oxygen atoms in total. The number of carbonyl (C=O) groups is 2. The third-order valence-corrected chi connectivity index (χ3v) is 2.04. The van der Waals surface area contributed by atoms with Crippen LogP contribution in [0.2, 0.25) is 0 Å². The molecule has 0 aliphatic rings. The summed E-state index contributed by atoms with van der Waals surface area (Å²) < 4.78 is 0. The summed E-state index contributed by atoms with van der Waals surface area (Å²) in [5.41, 5.74) is 0.126. The monoisotopic (exact) mass is 214 g/mol. The van der Waals surface area contributed by atoms with Gasteiger partial charge >= 0.3 is 5.97 Å². The van der Waals surface area contributed by atoms with E-state index in [0.29, 0.717) is 6.54 Å². The number of carbonyl (C=O) groups excluding carboxylic acids is 1. The van der Waals surface area contributed by atoms with Gasteiger partial charge in [-0.2, -0.15) is 0 Å². The van der Waals surface area contributed by atoms with Crippen LogP contribution < -0.4 is 5.32 Å². The van der Waals surface area contributed by atoms with E-state index in [1.807, 2.05) is 0 Å². The molecular weight excluding hydrogens is 196 g/mol. The molecule has 0 rings (SSSR count). The minimum absolute atomic E-state index is 0.0530. The molecule has 0 radical (unpaired) electrons. The van der Waals surface area contributed by atoms with Gasteiger partial charge in [-0.3, -0.25) is 4.79 Å². The smallest absolute Gasteiger partial charge is 0.332 e. The van der Waals surface area contributed by atoms with E-state index >= 15 is 0 Å². The lowest BCUT2D eigenvalue weighted by Gasteiger charge is -2.20. The molecule has 0 heterocycles. The molecule has 0 bridgehead atoms. The average molecular weight is 214 g/mol. The van der Waals surface area contributed by atoms with E-state index < -0.39 is 5.97 Å². The highest BCUT2D eigenvalue weighted by Gasteiger charge is 2.15. The molecule has 5 heteroatoms. The summed E-state index contributed by atoms with van der Waals surface area (Å²) >= 11 is 0. The van der Waals surface area contributed by atoms with Gasteiger partial charge in [-0.1, -0.05) is 13.5 Å². The second kappa shape index (κ2) is 6.19. The Bertz CT molecular complexity index is 263. The van der Waals surface area contributed by atoms with Gasteiger partial charge in [0.05, 0.1) is 0 Å². The number of nitrogens with zero attached hydrogens (tertiary/aromatic N) is 1. The number of rotatable bonds is 6. The number of likely N-dealkylation sites (N-methyl/N-ethyl adjacent to an activating group) is 1. The Labute approximate surface area is 89.8 Å². The lowest BCUT2D eigenvalue weighted by molar-refractivity contribution is -0.132. The molecule has 15 heavy (non-hydrogen) atoms. The summed E-state index contributed by atoms with van der Waals surface area (Å²) in [5, 5.41) is 11.2. The van der Waals surface area contributed by atoms with Crippen LogP contribution in [0.25, 0.3) is 0 Å². The van der Waals surface area contributed by atoms with Gasteiger partial charge in [-0.15, -0.1) is 0 Å². The maximum atomic E-state index is 11.2. The Hall–Kier alpha value is -1.36. The molecule has 86 valence electrons. The lowest BCUT2D eigenvalue weighted by atomic mass is 10.1. The highest BCUT2D eigenvalue weighted by molar-refractivity contribution is 5.86. The maximum Gasteiger partial charge on any atom is 0.332 e. The van der Waals surface area contributed by atoms with Gasteiger partial charge in [0.15, 0.2) is 0 Å². The number of nitrogens with one attached hydrogen (secondary N) is 1. The van der Waals surface area contributed by atoms with Crippen LogP contribution in [0.3, 0.4) is 0 Å². The van der Waals surface area contributed by atoms with Crippen LogP contribution in [0.1, 0.15) is 6.92 Å². The van der Waals surface area contributed by atoms with E-state index in [0.717, 1.165) is 0 Å². The first kappa shape index (κ1) is 13.6. The summed E-state index contributed by atoms with van der Waals surface area (Å²) in [6.45, 7) is 5.98. The zero-order valence-corrected chi connectivity index (χ0v) is 9.41. The van der Waals surface area contributed by atoms with Crippen LogP contribution >= 0.6 is 0 Å². The van der Waals surface area contributed by atoms with Crippen LogP contribution in [-0.2, 0) is 9.59 Å². The summed E-state index contributed by atoms with van der Waals surface area (Å²) in [6.07, 6.45) is 0. The van der Waals surface area contributed by atoms with Crippen molar-refractivity contribution < 1.29 is 14.7 Å². The highest BCUT2D eigenvalue weighted by atomic mass is 16.4. The Kier molecular flexibility index (Phi) is 5.62. The van der Waals surface area contributed by atoms with Gasteiger partial charge in [-0.25, -0.2) is 4.79 Å². The van der Waals surface area contributed by atoms with Crippen molar-refractivity contribution in [1.29, 1.82) is 0 Å². The predicted octanol–water partition coefficient (Wildman–Crippen LogP) is -0.0589. The predicted molar refractivity (Wildman–Crippen MR) is 57.5 cm³/mol. The van der Waals surface area contributed by atoms with Crippen LogP contribution in [0.15, 0.2) is 12.2 Å². The number of hydrogen-bond acceptors (Lipinski definition) is 3. The van der Waals surface area contributed by atoms with E-state index in [1.165, 1.54) is 0 Å². The largest absolute Gasteiger partial charge is 0.478 e. The molecular formula is C10H18N2O3. The number of carboxylic acid groups (broad SMARTS) is 1. The second-order valence-corrected chi connectivity index (χ2v) is 3.62. The van der Waals surface area contributed by atoms with Crippen molar-refractivity contribution in [3.05, 3.63) is 12.2 Å². The van der Waals surface area contributed by atoms with E-state index in [-0.39, 0.29) is 23.9 Å². The van der Waals surface area contributed by atoms with Crippen LogP contribution in [0, 0.1) is 5.92 Å². The number of carboxylic acids is 1. The van der Waals surface area contributed by atoms with Gasteiger partial charge in [0.25, 0.3) is 0 Å². The topological polar surface area (TPSA) is 69.6 Å². The molecule has 2 N–H and O–H groups in total. The Morgan fingerprint density at radius 3 is 2.47 bits per heavy atom. The van der Waals surface area contributed by atoms with Gasteiger partial charge in [0, 0.05) is 31.6 Å². The summed E-state index contributed by atoms with van der Waals surface area (Å²) in [4.78, 5) is 23.5. The van der Waals surface area contributed by atoms with E-state index in [4.69, 9.17) is 5.11 Å². The second-order valence-electron chi connectivity index (χ2n) is 3.62. The zero-order chi connectivity index (χ0) is 12.0. The van der Waals surface area contributed by atoms with Crippen LogP contribution in [0.4, 0.5) is 0 Å². The van der Waals surface area contributed by atoms with Crippen molar-refractivity contribution >= 4 is 11.9 Å². The molecule has 0 spiro atoms. The Morgan fingerprint density at radius 2 is 2.07 bits per heavy atom. The first-order valence-electron chi connectivity index (χ1n) is 4.69. The molecule has 1 atom stereocenters. The molecule has 0 saturated carbocycles. The molecule has 0 aliphatic carbocycles. The number of aliphatic carboxylic acids is 1. The van der Waals surface area contributed by atoms with Gasteiger partial charge in [-0.05, 0) is 7.05 Å². The molecule has 0 saturated heterocycles. The molecule has 0 aromatic rings.